The molecule has 1 atom stereocenters. The Bertz CT molecular complexity index is 209. The van der Waals surface area contributed by atoms with Gasteiger partial charge in [0, 0.05) is 0 Å². The molecule has 0 unspecified atom stereocenters. The summed E-state index contributed by atoms with van der Waals surface area (Å²) < 4.78 is 8.97. The molecule has 5 heteroatoms. The van der Waals surface area contributed by atoms with E-state index in [4.69, 9.17) is 5.26 Å². The Labute approximate surface area is 76.2 Å². The molecule has 0 aromatic rings. The number of ether oxygens (including phenoxy) is 2. The van der Waals surface area contributed by atoms with Gasteiger partial charge in [-0.2, -0.15) is 5.26 Å². The molecule has 0 rings (SSSR count). The van der Waals surface area contributed by atoms with Crippen LogP contribution in [-0.2, 0) is 19.1 Å². The molecule has 0 amide bonds. The molecule has 0 aliphatic heterocycles. The van der Waals surface area contributed by atoms with Crippen LogP contribution >= 0.6 is 0 Å². The maximum Gasteiger partial charge on any atom is 0.307 e. The van der Waals surface area contributed by atoms with Gasteiger partial charge >= 0.3 is 5.97 Å². The normalized spacial score (nSPS) is 11.1. The predicted molar refractivity (Wildman–Crippen MR) is 42.4 cm³/mol. The van der Waals surface area contributed by atoms with Gasteiger partial charge < -0.3 is 9.47 Å². The third-order valence-electron chi connectivity index (χ3n) is 1.27. The zero-order valence-corrected chi connectivity index (χ0v) is 7.36. The molecule has 0 bridgehead atoms. The molecule has 0 N–H and O–H groups in total. The van der Waals surface area contributed by atoms with Crippen molar-refractivity contribution in [2.24, 2.45) is 5.92 Å². The molecule has 0 aliphatic carbocycles. The highest BCUT2D eigenvalue weighted by molar-refractivity contribution is 5.70. The topological polar surface area (TPSA) is 76.4 Å². The van der Waals surface area contributed by atoms with E-state index in [0.717, 1.165) is 0 Å². The SMILES string of the molecule is CCOC(=O)C[C@@H](C#N)COC=O. The molecular formula is C8H11NO4. The van der Waals surface area contributed by atoms with Crippen LogP contribution in [0.15, 0.2) is 0 Å². The quantitative estimate of drug-likeness (QED) is 0.438. The maximum atomic E-state index is 10.9. The minimum atomic E-state index is -0.621. The van der Waals surface area contributed by atoms with Crippen molar-refractivity contribution in [2.45, 2.75) is 13.3 Å². The van der Waals surface area contributed by atoms with Crippen molar-refractivity contribution in [3.63, 3.8) is 0 Å². The largest absolute Gasteiger partial charge is 0.466 e. The zero-order chi connectivity index (χ0) is 10.1. The van der Waals surface area contributed by atoms with Crippen molar-refractivity contribution in [1.82, 2.24) is 0 Å². The minimum Gasteiger partial charge on any atom is -0.466 e. The fourth-order valence-electron chi connectivity index (χ4n) is 0.718. The van der Waals surface area contributed by atoms with Crippen LogP contribution in [0.1, 0.15) is 13.3 Å². The number of esters is 1. The summed E-state index contributed by atoms with van der Waals surface area (Å²) in [6.07, 6.45) is -0.0435. The second kappa shape index (κ2) is 7.10. The summed E-state index contributed by atoms with van der Waals surface area (Å²) in [7, 11) is 0. The molecule has 0 aromatic heterocycles. The first kappa shape index (κ1) is 11.4. The number of nitrogens with zero attached hydrogens (tertiary/aromatic N) is 1. The van der Waals surface area contributed by atoms with Crippen LogP contribution in [0.4, 0.5) is 0 Å². The highest BCUT2D eigenvalue weighted by Crippen LogP contribution is 2.03. The van der Waals surface area contributed by atoms with Gasteiger partial charge in [-0.1, -0.05) is 0 Å². The number of hydrogen-bond donors (Lipinski definition) is 0. The Hall–Kier alpha value is -1.57. The highest BCUT2D eigenvalue weighted by Gasteiger charge is 2.14. The summed E-state index contributed by atoms with van der Waals surface area (Å²) in [5, 5.41) is 8.52. The fourth-order valence-corrected chi connectivity index (χ4v) is 0.718. The average Bonchev–Trinajstić information content (AvgIpc) is 2.12. The number of rotatable bonds is 6. The summed E-state index contributed by atoms with van der Waals surface area (Å²) in [5.74, 6) is -1.08. The van der Waals surface area contributed by atoms with Gasteiger partial charge in [-0.25, -0.2) is 0 Å². The molecule has 0 aliphatic rings. The molecule has 0 saturated heterocycles. The van der Waals surface area contributed by atoms with Gasteiger partial charge in [0.1, 0.15) is 6.61 Å². The van der Waals surface area contributed by atoms with Crippen LogP contribution in [0.3, 0.4) is 0 Å². The number of nitriles is 1. The van der Waals surface area contributed by atoms with Gasteiger partial charge in [0.25, 0.3) is 6.47 Å². The summed E-state index contributed by atoms with van der Waals surface area (Å²) in [6.45, 7) is 2.14. The second-order valence-corrected chi connectivity index (χ2v) is 2.26. The molecule has 0 aromatic carbocycles. The van der Waals surface area contributed by atoms with Crippen LogP contribution in [-0.4, -0.2) is 25.7 Å². The molecular weight excluding hydrogens is 174 g/mol. The van der Waals surface area contributed by atoms with E-state index in [0.29, 0.717) is 0 Å². The molecule has 13 heavy (non-hydrogen) atoms. The molecule has 5 nitrogen and oxygen atoms in total. The lowest BCUT2D eigenvalue weighted by atomic mass is 10.1. The molecule has 0 fully saturated rings. The molecule has 0 heterocycles. The van der Waals surface area contributed by atoms with Crippen LogP contribution in [0, 0.1) is 17.2 Å². The summed E-state index contributed by atoms with van der Waals surface area (Å²) >= 11 is 0. The van der Waals surface area contributed by atoms with E-state index >= 15 is 0 Å². The minimum absolute atomic E-state index is 0.0435. The fraction of sp³-hybridized carbons (Fsp3) is 0.625. The molecule has 0 saturated carbocycles. The van der Waals surface area contributed by atoms with Crippen molar-refractivity contribution in [3.8, 4) is 6.07 Å². The third-order valence-corrected chi connectivity index (χ3v) is 1.27. The number of carbonyl (C=O) groups excluding carboxylic acids is 2. The van der Waals surface area contributed by atoms with Crippen molar-refractivity contribution in [1.29, 1.82) is 5.26 Å². The zero-order valence-electron chi connectivity index (χ0n) is 7.36. The van der Waals surface area contributed by atoms with Crippen molar-refractivity contribution in [3.05, 3.63) is 0 Å². The monoisotopic (exact) mass is 185 g/mol. The van der Waals surface area contributed by atoms with Gasteiger partial charge in [-0.05, 0) is 6.92 Å². The first-order valence-corrected chi connectivity index (χ1v) is 3.85. The van der Waals surface area contributed by atoms with E-state index in [9.17, 15) is 9.59 Å². The van der Waals surface area contributed by atoms with Crippen LogP contribution in [0.2, 0.25) is 0 Å². The second-order valence-electron chi connectivity index (χ2n) is 2.26. The van der Waals surface area contributed by atoms with Gasteiger partial charge in [0.05, 0.1) is 25.0 Å². The van der Waals surface area contributed by atoms with E-state index < -0.39 is 11.9 Å². The predicted octanol–water partition coefficient (Wildman–Crippen LogP) is 0.252. The maximum absolute atomic E-state index is 10.9. The third kappa shape index (κ3) is 5.67. The Morgan fingerprint density at radius 1 is 1.69 bits per heavy atom. The number of carbonyl (C=O) groups is 2. The summed E-state index contributed by atoms with van der Waals surface area (Å²) in [6, 6.07) is 1.84. The van der Waals surface area contributed by atoms with Crippen molar-refractivity contribution >= 4 is 12.4 Å². The Morgan fingerprint density at radius 3 is 2.85 bits per heavy atom. The standard InChI is InChI=1S/C8H11NO4/c1-2-13-8(11)3-7(4-9)5-12-6-10/h6-7H,2-3,5H2,1H3/t7-/m0/s1. The molecule has 0 radical (unpaired) electrons. The Morgan fingerprint density at radius 2 is 2.38 bits per heavy atom. The van der Waals surface area contributed by atoms with E-state index in [1.165, 1.54) is 0 Å². The lowest BCUT2D eigenvalue weighted by Crippen LogP contribution is -2.14. The Kier molecular flexibility index (Phi) is 6.24. The molecule has 72 valence electrons. The Balaban J connectivity index is 3.77. The molecule has 0 spiro atoms. The van der Waals surface area contributed by atoms with Crippen molar-refractivity contribution < 1.29 is 19.1 Å². The van der Waals surface area contributed by atoms with Gasteiger partial charge in [0.2, 0.25) is 0 Å². The van der Waals surface area contributed by atoms with E-state index in [2.05, 4.69) is 9.47 Å². The van der Waals surface area contributed by atoms with Gasteiger partial charge in [-0.3, -0.25) is 9.59 Å². The van der Waals surface area contributed by atoms with Crippen LogP contribution < -0.4 is 0 Å². The van der Waals surface area contributed by atoms with Crippen molar-refractivity contribution in [2.75, 3.05) is 13.2 Å². The lowest BCUT2D eigenvalue weighted by Gasteiger charge is -2.06. The summed E-state index contributed by atoms with van der Waals surface area (Å²) in [5.41, 5.74) is 0. The first-order chi connectivity index (χ1) is 6.24. The van der Waals surface area contributed by atoms with Crippen LogP contribution in [0.5, 0.6) is 0 Å². The van der Waals surface area contributed by atoms with E-state index in [-0.39, 0.29) is 26.1 Å². The average molecular weight is 185 g/mol. The van der Waals surface area contributed by atoms with Gasteiger partial charge in [-0.15, -0.1) is 0 Å². The summed E-state index contributed by atoms with van der Waals surface area (Å²) in [4.78, 5) is 20.6. The van der Waals surface area contributed by atoms with E-state index in [1.54, 1.807) is 6.92 Å². The highest BCUT2D eigenvalue weighted by atomic mass is 16.5. The lowest BCUT2D eigenvalue weighted by molar-refractivity contribution is -0.145. The van der Waals surface area contributed by atoms with Gasteiger partial charge in [0.15, 0.2) is 0 Å². The smallest absolute Gasteiger partial charge is 0.307 e. The first-order valence-electron chi connectivity index (χ1n) is 3.85. The van der Waals surface area contributed by atoms with E-state index in [1.807, 2.05) is 6.07 Å². The number of hydrogen-bond acceptors (Lipinski definition) is 5. The van der Waals surface area contributed by atoms with Crippen LogP contribution in [0.25, 0.3) is 0 Å².